The van der Waals surface area contributed by atoms with E-state index in [2.05, 4.69) is 10.3 Å². The molecule has 0 spiro atoms. The van der Waals surface area contributed by atoms with Gasteiger partial charge in [0.2, 0.25) is 0 Å². The van der Waals surface area contributed by atoms with Crippen LogP contribution in [0.15, 0.2) is 30.3 Å². The van der Waals surface area contributed by atoms with Gasteiger partial charge in [0.25, 0.3) is 5.91 Å². The second kappa shape index (κ2) is 4.70. The molecule has 5 heteroatoms. The van der Waals surface area contributed by atoms with Gasteiger partial charge in [-0.3, -0.25) is 10.1 Å². The number of anilines is 1. The van der Waals surface area contributed by atoms with Crippen molar-refractivity contribution in [3.05, 3.63) is 46.6 Å². The predicted octanol–water partition coefficient (Wildman–Crippen LogP) is 3.38. The van der Waals surface area contributed by atoms with Gasteiger partial charge >= 0.3 is 0 Å². The van der Waals surface area contributed by atoms with Gasteiger partial charge in [0.15, 0.2) is 5.13 Å². The molecule has 3 aromatic rings. The highest BCUT2D eigenvalue weighted by Gasteiger charge is 2.19. The number of thiazole rings is 1. The summed E-state index contributed by atoms with van der Waals surface area (Å²) in [5.74, 6) is -0.0962. The molecule has 0 saturated heterocycles. The molecule has 1 amide bonds. The highest BCUT2D eigenvalue weighted by Crippen LogP contribution is 2.30. The number of fused-ring (bicyclic) bond motifs is 2. The lowest BCUT2D eigenvalue weighted by molar-refractivity contribution is 0.101. The van der Waals surface area contributed by atoms with Gasteiger partial charge in [-0.15, -0.1) is 11.3 Å². The maximum atomic E-state index is 12.5. The van der Waals surface area contributed by atoms with Crippen molar-refractivity contribution in [2.45, 2.75) is 19.3 Å². The first-order valence-electron chi connectivity index (χ1n) is 7.07. The number of nitrogens with one attached hydrogen (secondary N) is 1. The number of hydrogen-bond acceptors (Lipinski definition) is 3. The quantitative estimate of drug-likeness (QED) is 0.788. The number of carbonyl (C=O) groups excluding carboxylic acids is 1. The summed E-state index contributed by atoms with van der Waals surface area (Å²) < 4.78 is 1.92. The lowest BCUT2D eigenvalue weighted by Crippen LogP contribution is -2.15. The minimum Gasteiger partial charge on any atom is -0.340 e. The summed E-state index contributed by atoms with van der Waals surface area (Å²) in [4.78, 5) is 18.3. The predicted molar refractivity (Wildman–Crippen MR) is 85.0 cm³/mol. The Labute approximate surface area is 126 Å². The van der Waals surface area contributed by atoms with E-state index in [0.29, 0.717) is 5.69 Å². The summed E-state index contributed by atoms with van der Waals surface area (Å²) >= 11 is 1.61. The molecule has 4 nitrogen and oxygen atoms in total. The van der Waals surface area contributed by atoms with Crippen molar-refractivity contribution >= 4 is 33.3 Å². The molecule has 0 atom stereocenters. The first kappa shape index (κ1) is 12.6. The number of benzene rings is 1. The average molecular weight is 297 g/mol. The number of rotatable bonds is 2. The molecule has 0 fully saturated rings. The van der Waals surface area contributed by atoms with Gasteiger partial charge in [0, 0.05) is 22.8 Å². The average Bonchev–Trinajstić information content (AvgIpc) is 3.13. The lowest BCUT2D eigenvalue weighted by Gasteiger charge is -2.04. The fourth-order valence-electron chi connectivity index (χ4n) is 2.91. The third-order valence-corrected chi connectivity index (χ3v) is 5.07. The maximum absolute atomic E-state index is 12.5. The topological polar surface area (TPSA) is 46.9 Å². The molecule has 0 bridgehead atoms. The number of nitrogens with zero attached hydrogens (tertiary/aromatic N) is 2. The molecule has 1 aliphatic rings. The Morgan fingerprint density at radius 1 is 1.33 bits per heavy atom. The second-order valence-electron chi connectivity index (χ2n) is 5.34. The summed E-state index contributed by atoms with van der Waals surface area (Å²) in [6.45, 7) is 0. The van der Waals surface area contributed by atoms with Crippen molar-refractivity contribution in [3.63, 3.8) is 0 Å². The number of aromatic nitrogens is 2. The highest BCUT2D eigenvalue weighted by molar-refractivity contribution is 7.15. The van der Waals surface area contributed by atoms with Crippen LogP contribution in [0.3, 0.4) is 0 Å². The van der Waals surface area contributed by atoms with E-state index in [1.165, 1.54) is 11.3 Å². The third kappa shape index (κ3) is 2.05. The Morgan fingerprint density at radius 2 is 2.19 bits per heavy atom. The van der Waals surface area contributed by atoms with E-state index >= 15 is 0 Å². The number of hydrogen-bond donors (Lipinski definition) is 1. The standard InChI is InChI=1S/C16H15N3OS/c1-19-12-7-3-2-5-10(12)9-13(19)15(20)18-16-17-11-6-4-8-14(11)21-16/h2-3,5,7,9H,4,6,8H2,1H3,(H,17,18,20). The molecule has 1 aromatic carbocycles. The first-order valence-corrected chi connectivity index (χ1v) is 7.88. The van der Waals surface area contributed by atoms with E-state index in [4.69, 9.17) is 0 Å². The van der Waals surface area contributed by atoms with E-state index in [0.717, 1.165) is 34.6 Å². The van der Waals surface area contributed by atoms with Crippen molar-refractivity contribution < 1.29 is 4.79 Å². The monoisotopic (exact) mass is 297 g/mol. The zero-order valence-electron chi connectivity index (χ0n) is 11.7. The Morgan fingerprint density at radius 3 is 3.00 bits per heavy atom. The molecule has 2 heterocycles. The number of aryl methyl sites for hydroxylation is 3. The molecule has 2 aromatic heterocycles. The summed E-state index contributed by atoms with van der Waals surface area (Å²) in [7, 11) is 1.92. The van der Waals surface area contributed by atoms with Crippen molar-refractivity contribution in [3.8, 4) is 0 Å². The fraction of sp³-hybridized carbons (Fsp3) is 0.250. The van der Waals surface area contributed by atoms with Crippen LogP contribution < -0.4 is 5.32 Å². The highest BCUT2D eigenvalue weighted by atomic mass is 32.1. The Kier molecular flexibility index (Phi) is 2.82. The van der Waals surface area contributed by atoms with Crippen LogP contribution in [0, 0.1) is 0 Å². The maximum Gasteiger partial charge on any atom is 0.274 e. The van der Waals surface area contributed by atoms with Gasteiger partial charge < -0.3 is 4.57 Å². The van der Waals surface area contributed by atoms with Crippen LogP contribution in [0.4, 0.5) is 5.13 Å². The van der Waals surface area contributed by atoms with Crippen molar-refractivity contribution in [2.24, 2.45) is 7.05 Å². The molecule has 0 unspecified atom stereocenters. The molecular weight excluding hydrogens is 282 g/mol. The van der Waals surface area contributed by atoms with E-state index < -0.39 is 0 Å². The summed E-state index contributed by atoms with van der Waals surface area (Å²) in [6.07, 6.45) is 3.32. The molecule has 21 heavy (non-hydrogen) atoms. The van der Waals surface area contributed by atoms with E-state index in [1.54, 1.807) is 11.3 Å². The fourth-order valence-corrected chi connectivity index (χ4v) is 3.96. The van der Waals surface area contributed by atoms with Crippen LogP contribution in [0.5, 0.6) is 0 Å². The van der Waals surface area contributed by atoms with Crippen LogP contribution in [0.1, 0.15) is 27.5 Å². The van der Waals surface area contributed by atoms with Gasteiger partial charge in [0.1, 0.15) is 5.69 Å². The molecule has 1 N–H and O–H groups in total. The third-order valence-electron chi connectivity index (χ3n) is 4.00. The van der Waals surface area contributed by atoms with Gasteiger partial charge in [-0.05, 0) is 31.4 Å². The first-order chi connectivity index (χ1) is 10.2. The van der Waals surface area contributed by atoms with Crippen LogP contribution >= 0.6 is 11.3 Å². The van der Waals surface area contributed by atoms with Crippen molar-refractivity contribution in [2.75, 3.05) is 5.32 Å². The van der Waals surface area contributed by atoms with E-state index in [1.807, 2.05) is 41.9 Å². The number of carbonyl (C=O) groups is 1. The molecule has 1 aliphatic carbocycles. The van der Waals surface area contributed by atoms with Crippen LogP contribution in [-0.2, 0) is 19.9 Å². The lowest BCUT2D eigenvalue weighted by atomic mass is 10.2. The van der Waals surface area contributed by atoms with E-state index in [-0.39, 0.29) is 5.91 Å². The smallest absolute Gasteiger partial charge is 0.274 e. The Hall–Kier alpha value is -2.14. The van der Waals surface area contributed by atoms with Crippen LogP contribution in [-0.4, -0.2) is 15.5 Å². The molecule has 4 rings (SSSR count). The van der Waals surface area contributed by atoms with Gasteiger partial charge in [-0.25, -0.2) is 4.98 Å². The zero-order valence-corrected chi connectivity index (χ0v) is 12.5. The van der Waals surface area contributed by atoms with Gasteiger partial charge in [-0.1, -0.05) is 18.2 Å². The van der Waals surface area contributed by atoms with Crippen molar-refractivity contribution in [1.82, 2.24) is 9.55 Å². The number of para-hydroxylation sites is 1. The molecule has 0 saturated carbocycles. The molecule has 0 aliphatic heterocycles. The largest absolute Gasteiger partial charge is 0.340 e. The molecule has 0 radical (unpaired) electrons. The SMILES string of the molecule is Cn1c(C(=O)Nc2nc3c(s2)CCC3)cc2ccccc21. The minimum atomic E-state index is -0.0962. The summed E-state index contributed by atoms with van der Waals surface area (Å²) in [5, 5.41) is 4.73. The molecule has 106 valence electrons. The van der Waals surface area contributed by atoms with Gasteiger partial charge in [-0.2, -0.15) is 0 Å². The van der Waals surface area contributed by atoms with Crippen LogP contribution in [0.25, 0.3) is 10.9 Å². The Balaban J connectivity index is 1.65. The normalized spacial score (nSPS) is 13.6. The second-order valence-corrected chi connectivity index (χ2v) is 6.43. The number of amides is 1. The van der Waals surface area contributed by atoms with Gasteiger partial charge in [0.05, 0.1) is 5.69 Å². The summed E-state index contributed by atoms with van der Waals surface area (Å²) in [5.41, 5.74) is 2.88. The van der Waals surface area contributed by atoms with Crippen molar-refractivity contribution in [1.29, 1.82) is 0 Å². The summed E-state index contributed by atoms with van der Waals surface area (Å²) in [6, 6.07) is 9.92. The van der Waals surface area contributed by atoms with E-state index in [9.17, 15) is 4.79 Å². The molecular formula is C16H15N3OS. The van der Waals surface area contributed by atoms with Crippen LogP contribution in [0.2, 0.25) is 0 Å². The Bertz CT molecular complexity index is 825. The zero-order chi connectivity index (χ0) is 14.4. The minimum absolute atomic E-state index is 0.0962.